The number of aliphatic hydroxyl groups is 1. The molecule has 1 unspecified atom stereocenters. The highest BCUT2D eigenvalue weighted by Crippen LogP contribution is 2.20. The van der Waals surface area contributed by atoms with Crippen molar-refractivity contribution in [2.45, 2.75) is 12.5 Å². The molecule has 0 aliphatic carbocycles. The van der Waals surface area contributed by atoms with Gasteiger partial charge in [0, 0.05) is 6.20 Å². The van der Waals surface area contributed by atoms with Gasteiger partial charge in [-0.2, -0.15) is 0 Å². The van der Waals surface area contributed by atoms with Crippen molar-refractivity contribution in [3.8, 4) is 0 Å². The van der Waals surface area contributed by atoms with Crippen molar-refractivity contribution in [3.63, 3.8) is 0 Å². The van der Waals surface area contributed by atoms with Crippen LogP contribution in [0.2, 0.25) is 5.15 Å². The highest BCUT2D eigenvalue weighted by atomic mass is 35.5. The third kappa shape index (κ3) is 3.49. The monoisotopic (exact) mass is 295 g/mol. The molecule has 2 heterocycles. The van der Waals surface area contributed by atoms with E-state index in [1.54, 1.807) is 31.2 Å². The number of amides is 2. The zero-order valence-corrected chi connectivity index (χ0v) is 11.5. The highest BCUT2D eigenvalue weighted by Gasteiger charge is 2.26. The number of pyridine rings is 1. The second-order valence-electron chi connectivity index (χ2n) is 4.40. The average Bonchev–Trinajstić information content (AvgIpc) is 2.94. The molecule has 3 N–H and O–H groups in total. The fraction of sp³-hybridized carbons (Fsp3) is 0.231. The molecule has 0 saturated carbocycles. The lowest BCUT2D eigenvalue weighted by atomic mass is 10.0. The van der Waals surface area contributed by atoms with Crippen LogP contribution in [-0.2, 0) is 5.60 Å². The first-order valence-electron chi connectivity index (χ1n) is 5.91. The largest absolute Gasteiger partial charge is 0.466 e. The van der Waals surface area contributed by atoms with Gasteiger partial charge in [0.05, 0.1) is 18.5 Å². The van der Waals surface area contributed by atoms with E-state index >= 15 is 0 Å². The van der Waals surface area contributed by atoms with Crippen molar-refractivity contribution in [1.82, 2.24) is 10.3 Å². The number of anilines is 1. The SMILES string of the molecule is CC(O)(CNC(=O)Nc1cccnc1Cl)c1ccco1. The molecule has 2 rings (SSSR count). The fourth-order valence-corrected chi connectivity index (χ4v) is 1.74. The third-order valence-corrected chi connectivity index (χ3v) is 2.95. The molecule has 2 aromatic heterocycles. The van der Waals surface area contributed by atoms with E-state index in [0.717, 1.165) is 0 Å². The molecule has 0 aliphatic heterocycles. The summed E-state index contributed by atoms with van der Waals surface area (Å²) in [5.74, 6) is 0.372. The van der Waals surface area contributed by atoms with Crippen LogP contribution >= 0.6 is 11.6 Å². The quantitative estimate of drug-likeness (QED) is 0.756. The Morgan fingerprint density at radius 3 is 2.95 bits per heavy atom. The Balaban J connectivity index is 1.91. The number of halogens is 1. The Morgan fingerprint density at radius 2 is 2.30 bits per heavy atom. The molecule has 0 aromatic carbocycles. The van der Waals surface area contributed by atoms with Gasteiger partial charge in [-0.1, -0.05) is 11.6 Å². The average molecular weight is 296 g/mol. The number of hydrogen-bond acceptors (Lipinski definition) is 4. The van der Waals surface area contributed by atoms with Crippen molar-refractivity contribution in [3.05, 3.63) is 47.6 Å². The van der Waals surface area contributed by atoms with Crippen molar-refractivity contribution in [2.75, 3.05) is 11.9 Å². The van der Waals surface area contributed by atoms with Gasteiger partial charge in [0.1, 0.15) is 11.4 Å². The van der Waals surface area contributed by atoms with E-state index in [9.17, 15) is 9.90 Å². The van der Waals surface area contributed by atoms with E-state index in [0.29, 0.717) is 11.4 Å². The Bertz CT molecular complexity index is 584. The molecule has 1 atom stereocenters. The molecule has 2 amide bonds. The molecule has 0 radical (unpaired) electrons. The van der Waals surface area contributed by atoms with Crippen molar-refractivity contribution >= 4 is 23.3 Å². The molecule has 6 nitrogen and oxygen atoms in total. The number of nitrogens with one attached hydrogen (secondary N) is 2. The molecule has 0 fully saturated rings. The Kier molecular flexibility index (Phi) is 4.26. The normalized spacial score (nSPS) is 13.6. The first-order chi connectivity index (χ1) is 9.49. The van der Waals surface area contributed by atoms with Gasteiger partial charge in [-0.15, -0.1) is 0 Å². The summed E-state index contributed by atoms with van der Waals surface area (Å²) in [6, 6.07) is 6.09. The number of nitrogens with zero attached hydrogens (tertiary/aromatic N) is 1. The van der Waals surface area contributed by atoms with E-state index in [1.807, 2.05) is 0 Å². The van der Waals surface area contributed by atoms with Gasteiger partial charge in [0.25, 0.3) is 0 Å². The zero-order valence-electron chi connectivity index (χ0n) is 10.8. The summed E-state index contributed by atoms with van der Waals surface area (Å²) in [4.78, 5) is 15.6. The van der Waals surface area contributed by atoms with Gasteiger partial charge < -0.3 is 20.2 Å². The predicted octanol–water partition coefficient (Wildman–Crippen LogP) is 2.36. The first kappa shape index (κ1) is 14.4. The Labute approximate surface area is 120 Å². The number of aromatic nitrogens is 1. The van der Waals surface area contributed by atoms with Crippen LogP contribution in [0.4, 0.5) is 10.5 Å². The zero-order chi connectivity index (χ0) is 14.6. The molecular weight excluding hydrogens is 282 g/mol. The molecule has 0 aliphatic rings. The maximum Gasteiger partial charge on any atom is 0.319 e. The number of carbonyl (C=O) groups excluding carboxylic acids is 1. The molecule has 106 valence electrons. The molecule has 7 heteroatoms. The minimum atomic E-state index is -1.29. The number of carbonyl (C=O) groups is 1. The van der Waals surface area contributed by atoms with E-state index in [-0.39, 0.29) is 11.7 Å². The van der Waals surface area contributed by atoms with E-state index < -0.39 is 11.6 Å². The van der Waals surface area contributed by atoms with Crippen molar-refractivity contribution < 1.29 is 14.3 Å². The van der Waals surface area contributed by atoms with Gasteiger partial charge in [0.15, 0.2) is 5.15 Å². The van der Waals surface area contributed by atoms with Crippen molar-refractivity contribution in [1.29, 1.82) is 0 Å². The lowest BCUT2D eigenvalue weighted by Crippen LogP contribution is -2.40. The first-order valence-corrected chi connectivity index (χ1v) is 6.28. The molecule has 20 heavy (non-hydrogen) atoms. The fourth-order valence-electron chi connectivity index (χ4n) is 1.57. The maximum atomic E-state index is 11.7. The number of hydrogen-bond donors (Lipinski definition) is 3. The molecule has 2 aromatic rings. The van der Waals surface area contributed by atoms with Crippen LogP contribution in [0.1, 0.15) is 12.7 Å². The van der Waals surface area contributed by atoms with Gasteiger partial charge >= 0.3 is 6.03 Å². The second-order valence-corrected chi connectivity index (χ2v) is 4.76. The van der Waals surface area contributed by atoms with Gasteiger partial charge in [-0.05, 0) is 31.2 Å². The number of rotatable bonds is 4. The molecule has 0 spiro atoms. The Hall–Kier alpha value is -2.05. The van der Waals surface area contributed by atoms with Crippen LogP contribution in [0.15, 0.2) is 41.1 Å². The van der Waals surface area contributed by atoms with Gasteiger partial charge in [0.2, 0.25) is 0 Å². The summed E-state index contributed by atoms with van der Waals surface area (Å²) in [6.07, 6.45) is 2.98. The second kappa shape index (κ2) is 5.94. The van der Waals surface area contributed by atoms with Crippen LogP contribution in [0, 0.1) is 0 Å². The standard InChI is InChI=1S/C13H14ClN3O3/c1-13(19,10-5-3-7-20-10)8-16-12(18)17-9-4-2-6-15-11(9)14/h2-7,19H,8H2,1H3,(H2,16,17,18). The Morgan fingerprint density at radius 1 is 1.50 bits per heavy atom. The van der Waals surface area contributed by atoms with Crippen LogP contribution in [0.5, 0.6) is 0 Å². The minimum Gasteiger partial charge on any atom is -0.466 e. The van der Waals surface area contributed by atoms with Crippen LogP contribution < -0.4 is 10.6 Å². The molecule has 0 saturated heterocycles. The predicted molar refractivity (Wildman–Crippen MR) is 74.5 cm³/mol. The van der Waals surface area contributed by atoms with E-state index in [1.165, 1.54) is 12.5 Å². The van der Waals surface area contributed by atoms with E-state index in [4.69, 9.17) is 16.0 Å². The maximum absolute atomic E-state index is 11.7. The molecule has 0 bridgehead atoms. The highest BCUT2D eigenvalue weighted by molar-refractivity contribution is 6.32. The third-order valence-electron chi connectivity index (χ3n) is 2.65. The summed E-state index contributed by atoms with van der Waals surface area (Å²) in [5, 5.41) is 15.4. The lowest BCUT2D eigenvalue weighted by molar-refractivity contribution is 0.0372. The summed E-state index contributed by atoms with van der Waals surface area (Å²) in [7, 11) is 0. The van der Waals surface area contributed by atoms with Crippen LogP contribution in [0.25, 0.3) is 0 Å². The number of urea groups is 1. The number of furan rings is 1. The smallest absolute Gasteiger partial charge is 0.319 e. The molecular formula is C13H14ClN3O3. The van der Waals surface area contributed by atoms with Crippen molar-refractivity contribution in [2.24, 2.45) is 0 Å². The topological polar surface area (TPSA) is 87.4 Å². The summed E-state index contributed by atoms with van der Waals surface area (Å²) in [6.45, 7) is 1.54. The lowest BCUT2D eigenvalue weighted by Gasteiger charge is -2.21. The van der Waals surface area contributed by atoms with E-state index in [2.05, 4.69) is 15.6 Å². The van der Waals surface area contributed by atoms with Crippen LogP contribution in [-0.4, -0.2) is 22.7 Å². The summed E-state index contributed by atoms with van der Waals surface area (Å²) >= 11 is 5.82. The van der Waals surface area contributed by atoms with Gasteiger partial charge in [-0.25, -0.2) is 9.78 Å². The summed E-state index contributed by atoms with van der Waals surface area (Å²) < 4.78 is 5.12. The summed E-state index contributed by atoms with van der Waals surface area (Å²) in [5.41, 5.74) is -0.899. The minimum absolute atomic E-state index is 0.00969. The van der Waals surface area contributed by atoms with Gasteiger partial charge in [-0.3, -0.25) is 0 Å². The van der Waals surface area contributed by atoms with Crippen LogP contribution in [0.3, 0.4) is 0 Å².